The van der Waals surface area contributed by atoms with E-state index in [4.69, 9.17) is 0 Å². The predicted molar refractivity (Wildman–Crippen MR) is 80.8 cm³/mol. The number of thiazole rings is 1. The average molecular weight is 307 g/mol. The van der Waals surface area contributed by atoms with Crippen molar-refractivity contribution in [1.29, 1.82) is 0 Å². The maximum absolute atomic E-state index is 12.9. The summed E-state index contributed by atoms with van der Waals surface area (Å²) in [5, 5.41) is 2.81. The standard InChI is InChI=1S/C15H21N3O2S/c1-3-11-14(19)17-8-5-4-6-12(17)15(20)18(11)10(2)13-16-7-9-21-13/h7,9-12H,3-6,8H2,1-2H3. The fraction of sp³-hybridized carbons (Fsp3) is 0.667. The Morgan fingerprint density at radius 3 is 2.86 bits per heavy atom. The normalized spacial score (nSPS) is 27.7. The number of hydrogen-bond donors (Lipinski definition) is 0. The van der Waals surface area contributed by atoms with E-state index in [9.17, 15) is 9.59 Å². The van der Waals surface area contributed by atoms with Gasteiger partial charge >= 0.3 is 0 Å². The number of carbonyl (C=O) groups is 2. The van der Waals surface area contributed by atoms with Gasteiger partial charge in [0, 0.05) is 18.1 Å². The number of carbonyl (C=O) groups excluding carboxylic acids is 2. The third-order valence-electron chi connectivity index (χ3n) is 4.56. The summed E-state index contributed by atoms with van der Waals surface area (Å²) in [6, 6.07) is -0.724. The number of rotatable bonds is 3. The minimum atomic E-state index is -0.342. The summed E-state index contributed by atoms with van der Waals surface area (Å²) in [5.41, 5.74) is 0. The van der Waals surface area contributed by atoms with E-state index in [1.54, 1.807) is 11.1 Å². The number of piperazine rings is 1. The minimum Gasteiger partial charge on any atom is -0.329 e. The van der Waals surface area contributed by atoms with Crippen LogP contribution in [-0.2, 0) is 9.59 Å². The lowest BCUT2D eigenvalue weighted by molar-refractivity contribution is -0.166. The van der Waals surface area contributed by atoms with E-state index < -0.39 is 0 Å². The van der Waals surface area contributed by atoms with Gasteiger partial charge in [-0.05, 0) is 32.6 Å². The first-order valence-electron chi connectivity index (χ1n) is 7.67. The lowest BCUT2D eigenvalue weighted by Crippen LogP contribution is -2.65. The number of nitrogens with zero attached hydrogens (tertiary/aromatic N) is 3. The Bertz CT molecular complexity index is 531. The van der Waals surface area contributed by atoms with Gasteiger partial charge in [-0.1, -0.05) is 6.92 Å². The molecule has 0 aliphatic carbocycles. The van der Waals surface area contributed by atoms with E-state index in [2.05, 4.69) is 4.98 Å². The number of piperidine rings is 1. The molecule has 2 aliphatic rings. The quantitative estimate of drug-likeness (QED) is 0.860. The van der Waals surface area contributed by atoms with Gasteiger partial charge < -0.3 is 9.80 Å². The lowest BCUT2D eigenvalue weighted by Gasteiger charge is -2.48. The smallest absolute Gasteiger partial charge is 0.246 e. The first-order valence-corrected chi connectivity index (χ1v) is 8.55. The molecule has 3 rings (SSSR count). The lowest BCUT2D eigenvalue weighted by atomic mass is 9.93. The van der Waals surface area contributed by atoms with Gasteiger partial charge in [0.05, 0.1) is 6.04 Å². The molecule has 1 aromatic rings. The van der Waals surface area contributed by atoms with Crippen LogP contribution >= 0.6 is 11.3 Å². The molecule has 21 heavy (non-hydrogen) atoms. The van der Waals surface area contributed by atoms with Gasteiger partial charge in [-0.2, -0.15) is 0 Å². The first kappa shape index (κ1) is 14.5. The molecule has 0 aromatic carbocycles. The van der Waals surface area contributed by atoms with Gasteiger partial charge in [-0.25, -0.2) is 4.98 Å². The molecule has 3 unspecified atom stereocenters. The molecule has 0 saturated carbocycles. The Hall–Kier alpha value is -1.43. The molecule has 2 aliphatic heterocycles. The summed E-state index contributed by atoms with van der Waals surface area (Å²) < 4.78 is 0. The maximum Gasteiger partial charge on any atom is 0.246 e. The molecule has 0 bridgehead atoms. The summed E-state index contributed by atoms with van der Waals surface area (Å²) in [7, 11) is 0. The van der Waals surface area contributed by atoms with E-state index in [0.717, 1.165) is 30.8 Å². The highest BCUT2D eigenvalue weighted by Gasteiger charge is 2.47. The number of aromatic nitrogens is 1. The first-order chi connectivity index (χ1) is 10.1. The van der Waals surface area contributed by atoms with E-state index >= 15 is 0 Å². The van der Waals surface area contributed by atoms with Gasteiger partial charge in [0.2, 0.25) is 11.8 Å². The molecule has 0 N–H and O–H groups in total. The Morgan fingerprint density at radius 1 is 1.38 bits per heavy atom. The fourth-order valence-corrected chi connectivity index (χ4v) is 4.17. The summed E-state index contributed by atoms with van der Waals surface area (Å²) >= 11 is 1.54. The number of amides is 2. The van der Waals surface area contributed by atoms with E-state index in [-0.39, 0.29) is 29.9 Å². The van der Waals surface area contributed by atoms with Gasteiger partial charge in [0.25, 0.3) is 0 Å². The SMILES string of the molecule is CCC1C(=O)N2CCCCC2C(=O)N1C(C)c1nccs1. The van der Waals surface area contributed by atoms with Crippen molar-refractivity contribution in [3.05, 3.63) is 16.6 Å². The van der Waals surface area contributed by atoms with Crippen LogP contribution in [-0.4, -0.2) is 45.2 Å². The molecular weight excluding hydrogens is 286 g/mol. The summed E-state index contributed by atoms with van der Waals surface area (Å²) in [6.07, 6.45) is 5.23. The molecule has 0 radical (unpaired) electrons. The minimum absolute atomic E-state index is 0.101. The second-order valence-electron chi connectivity index (χ2n) is 5.76. The summed E-state index contributed by atoms with van der Waals surface area (Å²) in [6.45, 7) is 4.68. The molecule has 3 atom stereocenters. The van der Waals surface area contributed by atoms with Gasteiger partial charge in [-0.15, -0.1) is 11.3 Å². The average Bonchev–Trinajstić information content (AvgIpc) is 3.04. The monoisotopic (exact) mass is 307 g/mol. The van der Waals surface area contributed by atoms with Crippen molar-refractivity contribution < 1.29 is 9.59 Å². The Morgan fingerprint density at radius 2 is 2.19 bits per heavy atom. The summed E-state index contributed by atoms with van der Waals surface area (Å²) in [5.74, 6) is 0.217. The Labute approximate surface area is 129 Å². The molecule has 6 heteroatoms. The fourth-order valence-electron chi connectivity index (χ4n) is 3.48. The van der Waals surface area contributed by atoms with Gasteiger partial charge in [-0.3, -0.25) is 9.59 Å². The number of fused-ring (bicyclic) bond motifs is 1. The van der Waals surface area contributed by atoms with Crippen LogP contribution in [0.5, 0.6) is 0 Å². The van der Waals surface area contributed by atoms with Crippen molar-refractivity contribution in [1.82, 2.24) is 14.8 Å². The molecule has 2 saturated heterocycles. The topological polar surface area (TPSA) is 53.5 Å². The van der Waals surface area contributed by atoms with Crippen LogP contribution in [0.3, 0.4) is 0 Å². The van der Waals surface area contributed by atoms with Crippen LogP contribution in [0.25, 0.3) is 0 Å². The van der Waals surface area contributed by atoms with Crippen molar-refractivity contribution in [3.8, 4) is 0 Å². The molecule has 2 fully saturated rings. The molecular formula is C15H21N3O2S. The molecule has 5 nitrogen and oxygen atoms in total. The van der Waals surface area contributed by atoms with Crippen LogP contribution < -0.4 is 0 Å². The van der Waals surface area contributed by atoms with Crippen LogP contribution in [0.15, 0.2) is 11.6 Å². The van der Waals surface area contributed by atoms with Gasteiger partial charge in [0.15, 0.2) is 0 Å². The third kappa shape index (κ3) is 2.35. The van der Waals surface area contributed by atoms with Crippen LogP contribution in [0.4, 0.5) is 0 Å². The molecule has 1 aromatic heterocycles. The highest BCUT2D eigenvalue weighted by molar-refractivity contribution is 7.09. The summed E-state index contributed by atoms with van der Waals surface area (Å²) in [4.78, 5) is 33.6. The molecule has 0 spiro atoms. The Balaban J connectivity index is 1.93. The van der Waals surface area contributed by atoms with Crippen LogP contribution in [0, 0.1) is 0 Å². The second kappa shape index (κ2) is 5.75. The van der Waals surface area contributed by atoms with Crippen molar-refractivity contribution in [2.75, 3.05) is 6.54 Å². The largest absolute Gasteiger partial charge is 0.329 e. The van der Waals surface area contributed by atoms with Crippen molar-refractivity contribution >= 4 is 23.2 Å². The van der Waals surface area contributed by atoms with E-state index in [1.165, 1.54) is 11.3 Å². The zero-order valence-electron chi connectivity index (χ0n) is 12.5. The van der Waals surface area contributed by atoms with E-state index in [1.807, 2.05) is 24.1 Å². The number of hydrogen-bond acceptors (Lipinski definition) is 4. The predicted octanol–water partition coefficient (Wildman–Crippen LogP) is 2.21. The van der Waals surface area contributed by atoms with Crippen molar-refractivity contribution in [2.45, 2.75) is 57.7 Å². The van der Waals surface area contributed by atoms with Crippen molar-refractivity contribution in [2.24, 2.45) is 0 Å². The molecule has 3 heterocycles. The highest BCUT2D eigenvalue weighted by atomic mass is 32.1. The molecule has 114 valence electrons. The van der Waals surface area contributed by atoms with Gasteiger partial charge in [0.1, 0.15) is 17.1 Å². The molecule has 2 amide bonds. The highest BCUT2D eigenvalue weighted by Crippen LogP contribution is 2.33. The zero-order chi connectivity index (χ0) is 15.0. The van der Waals surface area contributed by atoms with Crippen LogP contribution in [0.1, 0.15) is 50.6 Å². The van der Waals surface area contributed by atoms with Crippen molar-refractivity contribution in [3.63, 3.8) is 0 Å². The third-order valence-corrected chi connectivity index (χ3v) is 5.50. The second-order valence-corrected chi connectivity index (χ2v) is 6.69. The maximum atomic E-state index is 12.9. The van der Waals surface area contributed by atoms with E-state index in [0.29, 0.717) is 6.42 Å². The Kier molecular flexibility index (Phi) is 3.97. The zero-order valence-corrected chi connectivity index (χ0v) is 13.3. The van der Waals surface area contributed by atoms with Crippen LogP contribution in [0.2, 0.25) is 0 Å².